The first kappa shape index (κ1) is 23.5. The van der Waals surface area contributed by atoms with Crippen LogP contribution in [0.3, 0.4) is 0 Å². The molecule has 0 saturated carbocycles. The second kappa shape index (κ2) is 10.4. The normalized spacial score (nSPS) is 11.2. The maximum atomic E-state index is 13.1. The number of amides is 1. The Morgan fingerprint density at radius 3 is 2.45 bits per heavy atom. The number of carbonyl (C=O) groups excluding carboxylic acids is 2. The Kier molecular flexibility index (Phi) is 7.92. The van der Waals surface area contributed by atoms with E-state index in [1.165, 1.54) is 16.9 Å². The van der Waals surface area contributed by atoms with Crippen LogP contribution in [0.1, 0.15) is 50.1 Å². The minimum absolute atomic E-state index is 0.0362. The summed E-state index contributed by atoms with van der Waals surface area (Å²) in [5, 5.41) is 1.58. The average molecular weight is 479 g/mol. The molecule has 0 aliphatic rings. The molecule has 1 aromatic heterocycles. The molecule has 164 valence electrons. The van der Waals surface area contributed by atoms with Gasteiger partial charge in [-0.1, -0.05) is 49.2 Å². The van der Waals surface area contributed by atoms with Gasteiger partial charge in [0.05, 0.1) is 34.3 Å². The van der Waals surface area contributed by atoms with E-state index in [1.54, 1.807) is 17.9 Å². The molecule has 0 unspecified atom stereocenters. The van der Waals surface area contributed by atoms with Crippen molar-refractivity contribution in [2.45, 2.75) is 46.1 Å². The molecule has 0 atom stereocenters. The zero-order valence-corrected chi connectivity index (χ0v) is 20.0. The van der Waals surface area contributed by atoms with E-state index >= 15 is 0 Å². The molecule has 0 N–H and O–H groups in total. The molecule has 5 nitrogen and oxygen atoms in total. The van der Waals surface area contributed by atoms with Crippen molar-refractivity contribution in [2.24, 2.45) is 0 Å². The lowest BCUT2D eigenvalue weighted by molar-refractivity contribution is -0.144. The molecule has 3 aromatic rings. The molecule has 0 saturated heterocycles. The smallest absolute Gasteiger partial charge is 0.306 e. The Hall–Kier alpha value is -2.15. The topological polar surface area (TPSA) is 59.5 Å². The van der Waals surface area contributed by atoms with Crippen LogP contribution in [-0.4, -0.2) is 23.5 Å². The number of halogens is 2. The Balaban J connectivity index is 1.88. The number of hydrogen-bond donors (Lipinski definition) is 0. The molecule has 31 heavy (non-hydrogen) atoms. The summed E-state index contributed by atoms with van der Waals surface area (Å²) in [6, 6.07) is 11.5. The number of thiazole rings is 1. The number of benzene rings is 2. The zero-order chi connectivity index (χ0) is 22.5. The summed E-state index contributed by atoms with van der Waals surface area (Å²) in [5.41, 5.74) is 2.56. The lowest BCUT2D eigenvalue weighted by Gasteiger charge is -2.22. The molecular weight excluding hydrogens is 455 g/mol. The Bertz CT molecular complexity index is 1080. The Morgan fingerprint density at radius 2 is 1.81 bits per heavy atom. The maximum Gasteiger partial charge on any atom is 0.306 e. The van der Waals surface area contributed by atoms with E-state index in [2.05, 4.69) is 18.8 Å². The van der Waals surface area contributed by atoms with Crippen LogP contribution in [0.4, 0.5) is 5.69 Å². The molecular formula is C23H24Cl2N2O3S. The lowest BCUT2D eigenvalue weighted by atomic mass is 10.0. The van der Waals surface area contributed by atoms with Crippen molar-refractivity contribution in [1.29, 1.82) is 0 Å². The van der Waals surface area contributed by atoms with Crippen LogP contribution in [0.25, 0.3) is 10.2 Å². The fourth-order valence-corrected chi connectivity index (χ4v) is 4.51. The highest BCUT2D eigenvalue weighted by atomic mass is 35.5. The van der Waals surface area contributed by atoms with Crippen molar-refractivity contribution in [1.82, 2.24) is 4.98 Å². The molecule has 0 aliphatic heterocycles. The van der Waals surface area contributed by atoms with Gasteiger partial charge in [0.2, 0.25) is 5.91 Å². The fourth-order valence-electron chi connectivity index (χ4n) is 3.13. The number of aromatic nitrogens is 1. The maximum absolute atomic E-state index is 13.1. The third kappa shape index (κ3) is 5.76. The van der Waals surface area contributed by atoms with E-state index in [0.717, 1.165) is 15.4 Å². The van der Waals surface area contributed by atoms with E-state index in [0.29, 0.717) is 28.1 Å². The minimum Gasteiger partial charge on any atom is -0.466 e. The standard InChI is InChI=1S/C23H24Cl2N2O3S/c1-4-30-21(29)12-11-20(28)27(16-7-5-15(6-8-16)14(2)3)13-19-26-23-18(31-19)10-9-17(24)22(23)25/h5-10,14H,4,11-13H2,1-3H3. The first-order valence-electron chi connectivity index (χ1n) is 10.1. The number of esters is 1. The fraction of sp³-hybridized carbons (Fsp3) is 0.348. The number of hydrogen-bond acceptors (Lipinski definition) is 5. The monoisotopic (exact) mass is 478 g/mol. The summed E-state index contributed by atoms with van der Waals surface area (Å²) >= 11 is 13.9. The van der Waals surface area contributed by atoms with Crippen LogP contribution in [0.2, 0.25) is 10.0 Å². The summed E-state index contributed by atoms with van der Waals surface area (Å²) in [4.78, 5) is 31.1. The highest BCUT2D eigenvalue weighted by Crippen LogP contribution is 2.34. The van der Waals surface area contributed by atoms with Crippen LogP contribution >= 0.6 is 34.5 Å². The molecule has 0 bridgehead atoms. The van der Waals surface area contributed by atoms with Crippen molar-refractivity contribution in [3.8, 4) is 0 Å². The van der Waals surface area contributed by atoms with Crippen molar-refractivity contribution in [3.05, 3.63) is 57.0 Å². The molecule has 3 rings (SSSR count). The second-order valence-electron chi connectivity index (χ2n) is 7.35. The van der Waals surface area contributed by atoms with Crippen LogP contribution in [0.15, 0.2) is 36.4 Å². The predicted molar refractivity (Wildman–Crippen MR) is 127 cm³/mol. The number of fused-ring (bicyclic) bond motifs is 1. The van der Waals surface area contributed by atoms with Crippen LogP contribution in [0.5, 0.6) is 0 Å². The predicted octanol–water partition coefficient (Wildman–Crippen LogP) is 6.60. The van der Waals surface area contributed by atoms with Gasteiger partial charge >= 0.3 is 5.97 Å². The number of anilines is 1. The quantitative estimate of drug-likeness (QED) is 0.342. The van der Waals surface area contributed by atoms with Gasteiger partial charge in [0, 0.05) is 12.1 Å². The van der Waals surface area contributed by atoms with Gasteiger partial charge in [-0.05, 0) is 42.7 Å². The summed E-state index contributed by atoms with van der Waals surface area (Å²) in [5.74, 6) is -0.167. The summed E-state index contributed by atoms with van der Waals surface area (Å²) < 4.78 is 5.86. The highest BCUT2D eigenvalue weighted by Gasteiger charge is 2.20. The van der Waals surface area contributed by atoms with Crippen LogP contribution in [-0.2, 0) is 20.9 Å². The summed E-state index contributed by atoms with van der Waals surface area (Å²) in [6.45, 7) is 6.55. The third-order valence-electron chi connectivity index (χ3n) is 4.81. The molecule has 1 heterocycles. The SMILES string of the molecule is CCOC(=O)CCC(=O)N(Cc1nc2c(Cl)c(Cl)ccc2s1)c1ccc(C(C)C)cc1. The van der Waals surface area contributed by atoms with E-state index in [1.807, 2.05) is 30.3 Å². The van der Waals surface area contributed by atoms with Crippen molar-refractivity contribution >= 4 is 62.3 Å². The van der Waals surface area contributed by atoms with E-state index in [-0.39, 0.29) is 31.3 Å². The van der Waals surface area contributed by atoms with Gasteiger partial charge in [0.1, 0.15) is 10.5 Å². The van der Waals surface area contributed by atoms with Gasteiger partial charge in [-0.3, -0.25) is 9.59 Å². The molecule has 2 aromatic carbocycles. The van der Waals surface area contributed by atoms with Gasteiger partial charge in [-0.25, -0.2) is 4.98 Å². The van der Waals surface area contributed by atoms with Crippen molar-refractivity contribution in [3.63, 3.8) is 0 Å². The highest BCUT2D eigenvalue weighted by molar-refractivity contribution is 7.18. The van der Waals surface area contributed by atoms with Gasteiger partial charge in [-0.2, -0.15) is 0 Å². The molecule has 0 spiro atoms. The molecule has 0 fully saturated rings. The molecule has 1 amide bonds. The second-order valence-corrected chi connectivity index (χ2v) is 9.25. The Labute approximate surface area is 195 Å². The van der Waals surface area contributed by atoms with Gasteiger partial charge in [0.25, 0.3) is 0 Å². The van der Waals surface area contributed by atoms with Gasteiger partial charge in [0.15, 0.2) is 0 Å². The average Bonchev–Trinajstić information content (AvgIpc) is 3.17. The molecule has 0 radical (unpaired) electrons. The zero-order valence-electron chi connectivity index (χ0n) is 17.7. The van der Waals surface area contributed by atoms with Crippen molar-refractivity contribution < 1.29 is 14.3 Å². The molecule has 8 heteroatoms. The largest absolute Gasteiger partial charge is 0.466 e. The number of rotatable bonds is 8. The van der Waals surface area contributed by atoms with Crippen LogP contribution < -0.4 is 4.90 Å². The lowest BCUT2D eigenvalue weighted by Crippen LogP contribution is -2.30. The number of nitrogens with zero attached hydrogens (tertiary/aromatic N) is 2. The number of ether oxygens (including phenoxy) is 1. The van der Waals surface area contributed by atoms with E-state index in [9.17, 15) is 9.59 Å². The first-order valence-corrected chi connectivity index (χ1v) is 11.7. The summed E-state index contributed by atoms with van der Waals surface area (Å²) in [6.07, 6.45) is 0.0940. The third-order valence-corrected chi connectivity index (χ3v) is 6.61. The van der Waals surface area contributed by atoms with Gasteiger partial charge < -0.3 is 9.64 Å². The number of carbonyl (C=O) groups is 2. The summed E-state index contributed by atoms with van der Waals surface area (Å²) in [7, 11) is 0. The van der Waals surface area contributed by atoms with E-state index in [4.69, 9.17) is 27.9 Å². The van der Waals surface area contributed by atoms with Crippen LogP contribution in [0, 0.1) is 0 Å². The Morgan fingerprint density at radius 1 is 1.10 bits per heavy atom. The molecule has 0 aliphatic carbocycles. The minimum atomic E-state index is -0.382. The van der Waals surface area contributed by atoms with Gasteiger partial charge in [-0.15, -0.1) is 11.3 Å². The van der Waals surface area contributed by atoms with Crippen molar-refractivity contribution in [2.75, 3.05) is 11.5 Å². The van der Waals surface area contributed by atoms with E-state index < -0.39 is 0 Å². The first-order chi connectivity index (χ1) is 14.8.